The van der Waals surface area contributed by atoms with Crippen LogP contribution in [0, 0.1) is 0 Å². The number of imide groups is 1. The molecule has 0 fully saturated rings. The van der Waals surface area contributed by atoms with Crippen LogP contribution in [-0.4, -0.2) is 29.0 Å². The van der Waals surface area contributed by atoms with Gasteiger partial charge in [-0.1, -0.05) is 12.1 Å². The highest BCUT2D eigenvalue weighted by Gasteiger charge is 2.36. The lowest BCUT2D eigenvalue weighted by Gasteiger charge is -2.12. The lowest BCUT2D eigenvalue weighted by molar-refractivity contribution is 0.0625. The number of Topliss-reactive ketones (excluding diaryl/α,β-unsaturated/α-hetero) is 1. The summed E-state index contributed by atoms with van der Waals surface area (Å²) < 4.78 is 0.684. The van der Waals surface area contributed by atoms with Gasteiger partial charge in [0.2, 0.25) is 0 Å². The molecule has 0 N–H and O–H groups in total. The van der Waals surface area contributed by atoms with E-state index in [0.29, 0.717) is 20.5 Å². The first kappa shape index (κ1) is 13.2. The van der Waals surface area contributed by atoms with Crippen molar-refractivity contribution in [3.63, 3.8) is 0 Å². The largest absolute Gasteiger partial charge is 0.291 e. The molecule has 4 nitrogen and oxygen atoms in total. The first-order chi connectivity index (χ1) is 9.59. The van der Waals surface area contributed by atoms with Crippen LogP contribution >= 0.6 is 27.3 Å². The number of nitrogens with zero attached hydrogens (tertiary/aromatic N) is 1. The molecular formula is C14H8BrNO3S. The molecule has 0 aliphatic carbocycles. The predicted molar refractivity (Wildman–Crippen MR) is 78.2 cm³/mol. The fourth-order valence-electron chi connectivity index (χ4n) is 2.09. The summed E-state index contributed by atoms with van der Waals surface area (Å²) in [6.07, 6.45) is 0. The molecule has 6 heteroatoms. The van der Waals surface area contributed by atoms with Gasteiger partial charge in [-0.2, -0.15) is 0 Å². The van der Waals surface area contributed by atoms with Crippen LogP contribution in [0.4, 0.5) is 0 Å². The lowest BCUT2D eigenvalue weighted by atomic mass is 10.1. The van der Waals surface area contributed by atoms with E-state index in [-0.39, 0.29) is 12.3 Å². The van der Waals surface area contributed by atoms with Crippen molar-refractivity contribution < 1.29 is 14.4 Å². The number of benzene rings is 1. The van der Waals surface area contributed by atoms with Gasteiger partial charge in [-0.05, 0) is 39.5 Å². The third-order valence-corrected chi connectivity index (χ3v) is 4.93. The van der Waals surface area contributed by atoms with Gasteiger partial charge < -0.3 is 0 Å². The average Bonchev–Trinajstić information content (AvgIpc) is 2.97. The van der Waals surface area contributed by atoms with Crippen molar-refractivity contribution in [2.45, 2.75) is 0 Å². The zero-order valence-corrected chi connectivity index (χ0v) is 12.5. The van der Waals surface area contributed by atoms with Crippen molar-refractivity contribution in [3.8, 4) is 0 Å². The zero-order chi connectivity index (χ0) is 14.3. The molecule has 0 bridgehead atoms. The summed E-state index contributed by atoms with van der Waals surface area (Å²) in [7, 11) is 0. The Balaban J connectivity index is 1.87. The lowest BCUT2D eigenvalue weighted by Crippen LogP contribution is -2.34. The van der Waals surface area contributed by atoms with E-state index in [0.717, 1.165) is 4.90 Å². The Bertz CT molecular complexity index is 703. The monoisotopic (exact) mass is 349 g/mol. The van der Waals surface area contributed by atoms with Crippen LogP contribution in [-0.2, 0) is 0 Å². The number of carbonyl (C=O) groups is 3. The van der Waals surface area contributed by atoms with E-state index in [9.17, 15) is 14.4 Å². The van der Waals surface area contributed by atoms with Crippen LogP contribution in [0.1, 0.15) is 30.4 Å². The highest BCUT2D eigenvalue weighted by Crippen LogP contribution is 2.26. The van der Waals surface area contributed by atoms with Gasteiger partial charge in [0, 0.05) is 4.47 Å². The molecule has 0 saturated carbocycles. The highest BCUT2D eigenvalue weighted by atomic mass is 79.9. The van der Waals surface area contributed by atoms with Gasteiger partial charge in [0.1, 0.15) is 0 Å². The van der Waals surface area contributed by atoms with Gasteiger partial charge >= 0.3 is 0 Å². The smallest absolute Gasteiger partial charge is 0.261 e. The van der Waals surface area contributed by atoms with E-state index in [1.165, 1.54) is 11.3 Å². The number of hydrogen-bond acceptors (Lipinski definition) is 4. The number of rotatable bonds is 3. The van der Waals surface area contributed by atoms with Crippen LogP contribution in [0.5, 0.6) is 0 Å². The minimum Gasteiger partial charge on any atom is -0.291 e. The molecule has 1 aromatic carbocycles. The Kier molecular flexibility index (Phi) is 3.27. The average molecular weight is 350 g/mol. The van der Waals surface area contributed by atoms with E-state index >= 15 is 0 Å². The molecule has 0 radical (unpaired) electrons. The van der Waals surface area contributed by atoms with Crippen molar-refractivity contribution in [2.75, 3.05) is 6.54 Å². The van der Waals surface area contributed by atoms with Crippen LogP contribution < -0.4 is 0 Å². The standard InChI is InChI=1S/C14H8BrNO3S/c15-10-5-6-20-12(10)11(17)7-16-13(18)8-3-1-2-4-9(8)14(16)19/h1-6H,7H2. The quantitative estimate of drug-likeness (QED) is 0.632. The SMILES string of the molecule is O=C(CN1C(=O)c2ccccc2C1=O)c1sccc1Br. The molecule has 0 atom stereocenters. The van der Waals surface area contributed by atoms with Crippen molar-refractivity contribution in [2.24, 2.45) is 0 Å². The van der Waals surface area contributed by atoms with Crippen LogP contribution in [0.2, 0.25) is 0 Å². The number of thiophene rings is 1. The molecule has 2 aromatic rings. The molecular weight excluding hydrogens is 342 g/mol. The van der Waals surface area contributed by atoms with Crippen LogP contribution in [0.25, 0.3) is 0 Å². The summed E-state index contributed by atoms with van der Waals surface area (Å²) in [6.45, 7) is -0.231. The Hall–Kier alpha value is -1.79. The fourth-order valence-corrected chi connectivity index (χ4v) is 3.62. The normalized spacial score (nSPS) is 13.8. The predicted octanol–water partition coefficient (Wildman–Crippen LogP) is 2.99. The number of halogens is 1. The van der Waals surface area contributed by atoms with E-state index in [4.69, 9.17) is 0 Å². The van der Waals surface area contributed by atoms with Gasteiger partial charge in [-0.25, -0.2) is 0 Å². The summed E-state index contributed by atoms with van der Waals surface area (Å²) in [5.41, 5.74) is 0.714. The van der Waals surface area contributed by atoms with Gasteiger partial charge in [-0.15, -0.1) is 11.3 Å². The minimum atomic E-state index is -0.411. The second-order valence-electron chi connectivity index (χ2n) is 4.26. The van der Waals surface area contributed by atoms with Gasteiger partial charge in [0.15, 0.2) is 5.78 Å². The van der Waals surface area contributed by atoms with Gasteiger partial charge in [-0.3, -0.25) is 19.3 Å². The molecule has 0 saturated heterocycles. The van der Waals surface area contributed by atoms with E-state index < -0.39 is 11.8 Å². The molecule has 1 aliphatic rings. The third-order valence-electron chi connectivity index (χ3n) is 3.05. The number of hydrogen-bond donors (Lipinski definition) is 0. The Labute approximate surface area is 127 Å². The molecule has 0 unspecified atom stereocenters. The fraction of sp³-hybridized carbons (Fsp3) is 0.0714. The second-order valence-corrected chi connectivity index (χ2v) is 6.03. The molecule has 100 valence electrons. The molecule has 2 heterocycles. The summed E-state index contributed by atoms with van der Waals surface area (Å²) in [5, 5.41) is 1.78. The summed E-state index contributed by atoms with van der Waals surface area (Å²) in [6, 6.07) is 8.36. The molecule has 3 rings (SSSR count). The number of fused-ring (bicyclic) bond motifs is 1. The van der Waals surface area contributed by atoms with Crippen LogP contribution in [0.3, 0.4) is 0 Å². The summed E-state index contributed by atoms with van der Waals surface area (Å²) in [5.74, 6) is -1.07. The van der Waals surface area contributed by atoms with E-state index in [1.54, 1.807) is 35.7 Å². The highest BCUT2D eigenvalue weighted by molar-refractivity contribution is 9.10. The van der Waals surface area contributed by atoms with E-state index in [1.807, 2.05) is 0 Å². The first-order valence-corrected chi connectivity index (χ1v) is 7.48. The summed E-state index contributed by atoms with van der Waals surface area (Å²) in [4.78, 5) is 38.0. The minimum absolute atomic E-state index is 0.231. The third kappa shape index (κ3) is 2.01. The maximum absolute atomic E-state index is 12.2. The van der Waals surface area contributed by atoms with Gasteiger partial charge in [0.05, 0.1) is 22.5 Å². The molecule has 0 spiro atoms. The van der Waals surface area contributed by atoms with Crippen LogP contribution in [0.15, 0.2) is 40.2 Å². The van der Waals surface area contributed by atoms with Crippen molar-refractivity contribution in [3.05, 3.63) is 56.2 Å². The van der Waals surface area contributed by atoms with Crippen molar-refractivity contribution in [1.29, 1.82) is 0 Å². The molecule has 1 aromatic heterocycles. The number of ketones is 1. The Morgan fingerprint density at radius 3 is 2.20 bits per heavy atom. The summed E-state index contributed by atoms with van der Waals surface area (Å²) >= 11 is 4.56. The second kappa shape index (κ2) is 4.96. The Morgan fingerprint density at radius 2 is 1.70 bits per heavy atom. The van der Waals surface area contributed by atoms with Crippen molar-refractivity contribution in [1.82, 2.24) is 4.90 Å². The maximum atomic E-state index is 12.2. The molecule has 2 amide bonds. The molecule has 20 heavy (non-hydrogen) atoms. The number of amides is 2. The number of carbonyl (C=O) groups excluding carboxylic acids is 3. The van der Waals surface area contributed by atoms with E-state index in [2.05, 4.69) is 15.9 Å². The Morgan fingerprint density at radius 1 is 1.10 bits per heavy atom. The maximum Gasteiger partial charge on any atom is 0.261 e. The molecule has 1 aliphatic heterocycles. The van der Waals surface area contributed by atoms with Crippen molar-refractivity contribution >= 4 is 44.9 Å². The zero-order valence-electron chi connectivity index (χ0n) is 10.1. The first-order valence-electron chi connectivity index (χ1n) is 5.81. The van der Waals surface area contributed by atoms with Gasteiger partial charge in [0.25, 0.3) is 11.8 Å². The topological polar surface area (TPSA) is 54.5 Å².